The number of morpholine rings is 1. The van der Waals surface area contributed by atoms with Gasteiger partial charge in [-0.05, 0) is 55.2 Å². The van der Waals surface area contributed by atoms with E-state index in [4.69, 9.17) is 4.74 Å². The molecule has 6 nitrogen and oxygen atoms in total. The van der Waals surface area contributed by atoms with Gasteiger partial charge in [-0.15, -0.1) is 0 Å². The molecule has 1 aromatic heterocycles. The predicted molar refractivity (Wildman–Crippen MR) is 135 cm³/mol. The molecule has 178 valence electrons. The van der Waals surface area contributed by atoms with Crippen molar-refractivity contribution in [3.8, 4) is 11.1 Å². The number of ether oxygens (including phenoxy) is 1. The molecule has 0 atom stereocenters. The first-order chi connectivity index (χ1) is 16.1. The fourth-order valence-electron chi connectivity index (χ4n) is 4.33. The molecule has 0 aliphatic carbocycles. The molecule has 2 heterocycles. The van der Waals surface area contributed by atoms with Crippen LogP contribution in [0.2, 0.25) is 0 Å². The highest BCUT2D eigenvalue weighted by atomic mass is 16.5. The minimum absolute atomic E-state index is 0.00682. The van der Waals surface area contributed by atoms with Gasteiger partial charge in [-0.1, -0.05) is 36.4 Å². The molecule has 0 bridgehead atoms. The van der Waals surface area contributed by atoms with Gasteiger partial charge in [0.2, 0.25) is 0 Å². The molecule has 2 aromatic carbocycles. The zero-order valence-corrected chi connectivity index (χ0v) is 20.3. The van der Waals surface area contributed by atoms with Crippen molar-refractivity contribution >= 4 is 11.5 Å². The molecule has 1 saturated heterocycles. The number of aliphatic hydroxyl groups is 1. The Balaban J connectivity index is 1.66. The minimum Gasteiger partial charge on any atom is -0.386 e. The Morgan fingerprint density at radius 2 is 1.82 bits per heavy atom. The summed E-state index contributed by atoms with van der Waals surface area (Å²) in [5, 5.41) is 10.3. The highest BCUT2D eigenvalue weighted by Gasteiger charge is 2.19. The lowest BCUT2D eigenvalue weighted by atomic mass is 9.93. The van der Waals surface area contributed by atoms with Gasteiger partial charge in [0.25, 0.3) is 5.56 Å². The number of anilines is 1. The van der Waals surface area contributed by atoms with E-state index in [0.29, 0.717) is 37.6 Å². The fraction of sp³-hybridized carbons (Fsp3) is 0.357. The monoisotopic (exact) mass is 460 g/mol. The van der Waals surface area contributed by atoms with Crippen molar-refractivity contribution in [3.63, 3.8) is 0 Å². The molecule has 0 saturated carbocycles. The number of Topliss-reactive ketones (excluding diaryl/α,β-unsaturated/α-hetero) is 1. The second-order valence-electron chi connectivity index (χ2n) is 9.52. The second kappa shape index (κ2) is 9.57. The molecule has 0 unspecified atom stereocenters. The summed E-state index contributed by atoms with van der Waals surface area (Å²) in [6.07, 6.45) is 2.08. The van der Waals surface area contributed by atoms with Crippen LogP contribution in [0.1, 0.15) is 40.9 Å². The summed E-state index contributed by atoms with van der Waals surface area (Å²) in [5.74, 6) is 0.00682. The van der Waals surface area contributed by atoms with E-state index in [0.717, 1.165) is 27.8 Å². The maximum atomic E-state index is 13.2. The molecular weight excluding hydrogens is 428 g/mol. The number of aromatic nitrogens is 1. The highest BCUT2D eigenvalue weighted by molar-refractivity contribution is 5.98. The summed E-state index contributed by atoms with van der Waals surface area (Å²) in [5.41, 5.74) is 4.79. The summed E-state index contributed by atoms with van der Waals surface area (Å²) < 4.78 is 7.05. The van der Waals surface area contributed by atoms with Gasteiger partial charge in [-0.2, -0.15) is 0 Å². The van der Waals surface area contributed by atoms with Crippen molar-refractivity contribution in [2.45, 2.75) is 32.8 Å². The number of hydrogen-bond donors (Lipinski definition) is 1. The molecule has 1 fully saturated rings. The summed E-state index contributed by atoms with van der Waals surface area (Å²) in [4.78, 5) is 28.1. The number of nitrogens with zero attached hydrogens (tertiary/aromatic N) is 2. The van der Waals surface area contributed by atoms with Gasteiger partial charge in [0, 0.05) is 43.9 Å². The third-order valence-electron chi connectivity index (χ3n) is 6.38. The SMILES string of the molecule is Cc1ccc(C(=O)Cc2cccc(C(C)(C)O)c2)cc1-c1cc(N2CCOCC2)c(=O)n(C)c1. The second-order valence-corrected chi connectivity index (χ2v) is 9.52. The molecule has 0 radical (unpaired) electrons. The van der Waals surface area contributed by atoms with E-state index in [1.54, 1.807) is 25.5 Å². The molecule has 1 N–H and O–H groups in total. The Labute approximate surface area is 200 Å². The average molecular weight is 461 g/mol. The number of ketones is 1. The number of pyridine rings is 1. The van der Waals surface area contributed by atoms with E-state index < -0.39 is 5.60 Å². The lowest BCUT2D eigenvalue weighted by Crippen LogP contribution is -2.40. The number of rotatable bonds is 6. The van der Waals surface area contributed by atoms with Crippen LogP contribution < -0.4 is 10.5 Å². The van der Waals surface area contributed by atoms with Crippen LogP contribution in [0, 0.1) is 6.92 Å². The lowest BCUT2D eigenvalue weighted by molar-refractivity contribution is 0.0784. The Bertz CT molecular complexity index is 1260. The number of aryl methyl sites for hydroxylation is 2. The van der Waals surface area contributed by atoms with Crippen LogP contribution in [0.25, 0.3) is 11.1 Å². The molecule has 3 aromatic rings. The zero-order valence-electron chi connectivity index (χ0n) is 20.3. The third kappa shape index (κ3) is 5.13. The lowest BCUT2D eigenvalue weighted by Gasteiger charge is -2.29. The Kier molecular flexibility index (Phi) is 6.73. The first kappa shape index (κ1) is 23.9. The van der Waals surface area contributed by atoms with Crippen LogP contribution in [-0.4, -0.2) is 41.8 Å². The van der Waals surface area contributed by atoms with Crippen molar-refractivity contribution in [3.05, 3.63) is 87.3 Å². The van der Waals surface area contributed by atoms with E-state index in [-0.39, 0.29) is 17.8 Å². The van der Waals surface area contributed by atoms with Gasteiger partial charge in [0.1, 0.15) is 5.69 Å². The summed E-state index contributed by atoms with van der Waals surface area (Å²) in [7, 11) is 1.76. The van der Waals surface area contributed by atoms with Crippen molar-refractivity contribution in [1.82, 2.24) is 4.57 Å². The van der Waals surface area contributed by atoms with Gasteiger partial charge in [0.15, 0.2) is 5.78 Å². The first-order valence-corrected chi connectivity index (χ1v) is 11.6. The first-order valence-electron chi connectivity index (χ1n) is 11.6. The van der Waals surface area contributed by atoms with Crippen molar-refractivity contribution in [2.75, 3.05) is 31.2 Å². The van der Waals surface area contributed by atoms with Crippen LogP contribution >= 0.6 is 0 Å². The van der Waals surface area contributed by atoms with E-state index in [2.05, 4.69) is 4.90 Å². The Hall–Kier alpha value is -3.22. The third-order valence-corrected chi connectivity index (χ3v) is 6.38. The van der Waals surface area contributed by atoms with E-state index in [1.807, 2.05) is 61.7 Å². The van der Waals surface area contributed by atoms with Gasteiger partial charge in [-0.25, -0.2) is 0 Å². The summed E-state index contributed by atoms with van der Waals surface area (Å²) in [6.45, 7) is 8.04. The molecule has 34 heavy (non-hydrogen) atoms. The van der Waals surface area contributed by atoms with Crippen LogP contribution in [0.5, 0.6) is 0 Å². The normalized spacial score (nSPS) is 14.3. The summed E-state index contributed by atoms with van der Waals surface area (Å²) in [6, 6.07) is 15.2. The zero-order chi connectivity index (χ0) is 24.5. The number of carbonyl (C=O) groups is 1. The molecule has 1 aliphatic rings. The Morgan fingerprint density at radius 1 is 1.09 bits per heavy atom. The average Bonchev–Trinajstić information content (AvgIpc) is 2.81. The standard InChI is InChI=1S/C28H32N2O4/c1-19-8-9-21(26(31)15-20-6-5-7-23(14-20)28(2,3)33)16-24(19)22-17-25(27(32)29(4)18-22)30-10-12-34-13-11-30/h5-9,14,16-18,33H,10-13,15H2,1-4H3. The van der Waals surface area contributed by atoms with E-state index >= 15 is 0 Å². The Morgan fingerprint density at radius 3 is 2.53 bits per heavy atom. The number of benzene rings is 2. The van der Waals surface area contributed by atoms with Gasteiger partial charge >= 0.3 is 0 Å². The van der Waals surface area contributed by atoms with Crippen LogP contribution in [0.4, 0.5) is 5.69 Å². The van der Waals surface area contributed by atoms with Crippen molar-refractivity contribution in [2.24, 2.45) is 7.05 Å². The van der Waals surface area contributed by atoms with Gasteiger partial charge in [0.05, 0.1) is 18.8 Å². The van der Waals surface area contributed by atoms with Crippen LogP contribution in [-0.2, 0) is 23.8 Å². The maximum Gasteiger partial charge on any atom is 0.273 e. The predicted octanol–water partition coefficient (Wildman–Crippen LogP) is 3.85. The van der Waals surface area contributed by atoms with Crippen molar-refractivity contribution in [1.29, 1.82) is 0 Å². The molecule has 6 heteroatoms. The number of hydrogen-bond acceptors (Lipinski definition) is 5. The van der Waals surface area contributed by atoms with Gasteiger partial charge < -0.3 is 19.3 Å². The number of carbonyl (C=O) groups excluding carboxylic acids is 1. The van der Waals surface area contributed by atoms with E-state index in [1.165, 1.54) is 0 Å². The van der Waals surface area contributed by atoms with Gasteiger partial charge in [-0.3, -0.25) is 9.59 Å². The van der Waals surface area contributed by atoms with Crippen LogP contribution in [0.3, 0.4) is 0 Å². The summed E-state index contributed by atoms with van der Waals surface area (Å²) >= 11 is 0. The minimum atomic E-state index is -0.961. The van der Waals surface area contributed by atoms with Crippen LogP contribution in [0.15, 0.2) is 59.5 Å². The topological polar surface area (TPSA) is 71.8 Å². The molecule has 0 spiro atoms. The van der Waals surface area contributed by atoms with Crippen molar-refractivity contribution < 1.29 is 14.6 Å². The fourth-order valence-corrected chi connectivity index (χ4v) is 4.33. The van der Waals surface area contributed by atoms with E-state index in [9.17, 15) is 14.7 Å². The maximum absolute atomic E-state index is 13.2. The molecular formula is C28H32N2O4. The highest BCUT2D eigenvalue weighted by Crippen LogP contribution is 2.28. The smallest absolute Gasteiger partial charge is 0.273 e. The quantitative estimate of drug-likeness (QED) is 0.566. The molecule has 0 amide bonds. The molecule has 1 aliphatic heterocycles. The molecule has 4 rings (SSSR count). The largest absolute Gasteiger partial charge is 0.386 e.